The van der Waals surface area contributed by atoms with Crippen molar-refractivity contribution >= 4 is 15.6 Å². The molecule has 10 heteroatoms. The Morgan fingerprint density at radius 1 is 1.06 bits per heavy atom. The van der Waals surface area contributed by atoms with Crippen LogP contribution in [0.3, 0.4) is 0 Å². The van der Waals surface area contributed by atoms with Crippen LogP contribution in [0.2, 0.25) is 0 Å². The molecule has 2 unspecified atom stereocenters. The van der Waals surface area contributed by atoms with Crippen molar-refractivity contribution in [2.45, 2.75) is 45.3 Å². The largest absolute Gasteiger partial charge is 0.469 e. The van der Waals surface area contributed by atoms with E-state index in [1.54, 1.807) is 0 Å². The van der Waals surface area contributed by atoms with Gasteiger partial charge in [0.05, 0.1) is 12.2 Å². The second-order valence-corrected chi connectivity index (χ2v) is 5.96. The highest BCUT2D eigenvalue weighted by atomic mass is 31.2. The quantitative estimate of drug-likeness (QED) is 0.489. The molecule has 2 atom stereocenters. The third-order valence-corrected chi connectivity index (χ3v) is 3.09. The Bertz CT molecular complexity index is 307. The molecule has 0 bridgehead atoms. The molecule has 8 nitrogen and oxygen atoms in total. The molecule has 0 aromatic rings. The van der Waals surface area contributed by atoms with Gasteiger partial charge in [0.1, 0.15) is 0 Å². The van der Waals surface area contributed by atoms with Crippen LogP contribution in [0.4, 0.5) is 0 Å². The molecule has 104 valence electrons. The lowest BCUT2D eigenvalue weighted by atomic mass is 10.1. The summed E-state index contributed by atoms with van der Waals surface area (Å²) in [4.78, 5) is 34.5. The van der Waals surface area contributed by atoms with Crippen molar-refractivity contribution < 1.29 is 37.8 Å². The van der Waals surface area contributed by atoms with E-state index in [0.29, 0.717) is 6.42 Å². The minimum Gasteiger partial charge on any atom is -0.303 e. The Morgan fingerprint density at radius 2 is 1.53 bits per heavy atom. The van der Waals surface area contributed by atoms with Gasteiger partial charge < -0.3 is 19.6 Å². The van der Waals surface area contributed by atoms with Crippen LogP contribution in [0.5, 0.6) is 0 Å². The van der Waals surface area contributed by atoms with Gasteiger partial charge in [0.2, 0.25) is 0 Å². The number of unbranched alkanes of at least 4 members (excludes halogenated alkanes) is 1. The second-order valence-electron chi connectivity index (χ2n) is 3.58. The molecule has 0 saturated heterocycles. The first-order valence-electron chi connectivity index (χ1n) is 5.03. The molecule has 0 saturated carbocycles. The van der Waals surface area contributed by atoms with E-state index < -0.39 is 27.9 Å². The molecule has 0 spiro atoms. The average Bonchev–Trinajstić information content (AvgIpc) is 2.07. The summed E-state index contributed by atoms with van der Waals surface area (Å²) < 4.78 is 30.1. The predicted molar refractivity (Wildman–Crippen MR) is 59.0 cm³/mol. The molecule has 0 aliphatic carbocycles. The van der Waals surface area contributed by atoms with Gasteiger partial charge in [-0.25, -0.2) is 9.13 Å². The monoisotopic (exact) mass is 292 g/mol. The average molecular weight is 292 g/mol. The smallest absolute Gasteiger partial charge is 0.303 e. The molecule has 0 aliphatic heterocycles. The van der Waals surface area contributed by atoms with E-state index in [9.17, 15) is 9.13 Å². The molecule has 0 aliphatic rings. The van der Waals surface area contributed by atoms with E-state index in [1.807, 2.05) is 6.92 Å². The van der Waals surface area contributed by atoms with E-state index in [2.05, 4.69) is 9.05 Å². The summed E-state index contributed by atoms with van der Waals surface area (Å²) in [5.74, 6) is 0. The highest BCUT2D eigenvalue weighted by molar-refractivity contribution is 7.46. The summed E-state index contributed by atoms with van der Waals surface area (Å²) in [6, 6.07) is 0. The first-order chi connectivity index (χ1) is 7.55. The van der Waals surface area contributed by atoms with Crippen molar-refractivity contribution in [3.8, 4) is 0 Å². The number of hydrogen-bond donors (Lipinski definition) is 4. The van der Waals surface area contributed by atoms with Gasteiger partial charge in [0.15, 0.2) is 0 Å². The Morgan fingerprint density at radius 3 is 1.88 bits per heavy atom. The van der Waals surface area contributed by atoms with Crippen molar-refractivity contribution in [3.05, 3.63) is 0 Å². The fraction of sp³-hybridized carbons (Fsp3) is 1.00. The minimum absolute atomic E-state index is 0.239. The van der Waals surface area contributed by atoms with Crippen LogP contribution < -0.4 is 0 Å². The van der Waals surface area contributed by atoms with Crippen LogP contribution in [-0.2, 0) is 18.2 Å². The lowest BCUT2D eigenvalue weighted by Gasteiger charge is -2.24. The van der Waals surface area contributed by atoms with Crippen LogP contribution in [0.1, 0.15) is 33.1 Å². The lowest BCUT2D eigenvalue weighted by molar-refractivity contribution is 0.0189. The maximum atomic E-state index is 10.7. The molecule has 0 radical (unpaired) electrons. The molecule has 0 fully saturated rings. The maximum Gasteiger partial charge on any atom is 0.469 e. The Labute approximate surface area is 99.4 Å². The van der Waals surface area contributed by atoms with Crippen LogP contribution in [0, 0.1) is 0 Å². The highest BCUT2D eigenvalue weighted by Crippen LogP contribution is 2.43. The Hall–Kier alpha value is 0.220. The van der Waals surface area contributed by atoms with E-state index in [-0.39, 0.29) is 6.42 Å². The fourth-order valence-corrected chi connectivity index (χ4v) is 2.44. The molecule has 4 N–H and O–H groups in total. The molecule has 17 heavy (non-hydrogen) atoms. The summed E-state index contributed by atoms with van der Waals surface area (Å²) in [5, 5.41) is 0. The normalized spacial score (nSPS) is 16.8. The zero-order valence-electron chi connectivity index (χ0n) is 9.59. The molecule has 0 heterocycles. The third kappa shape index (κ3) is 9.88. The number of phosphoric acid groups is 2. The van der Waals surface area contributed by atoms with Crippen molar-refractivity contribution in [1.29, 1.82) is 0 Å². The Kier molecular flexibility index (Phi) is 7.06. The van der Waals surface area contributed by atoms with E-state index >= 15 is 0 Å². The van der Waals surface area contributed by atoms with Crippen LogP contribution >= 0.6 is 15.6 Å². The van der Waals surface area contributed by atoms with E-state index in [0.717, 1.165) is 6.42 Å². The summed E-state index contributed by atoms with van der Waals surface area (Å²) >= 11 is 0. The fourth-order valence-electron chi connectivity index (χ4n) is 1.24. The van der Waals surface area contributed by atoms with Gasteiger partial charge in [-0.3, -0.25) is 9.05 Å². The number of hydrogen-bond acceptors (Lipinski definition) is 4. The molecular formula is C7H18O8P2. The molecular weight excluding hydrogens is 274 g/mol. The van der Waals surface area contributed by atoms with Crippen molar-refractivity contribution in [2.24, 2.45) is 0 Å². The Balaban J connectivity index is 4.55. The van der Waals surface area contributed by atoms with Crippen LogP contribution in [0.15, 0.2) is 0 Å². The summed E-state index contributed by atoms with van der Waals surface area (Å²) in [5.41, 5.74) is 0. The first kappa shape index (κ1) is 17.2. The van der Waals surface area contributed by atoms with Gasteiger partial charge in [-0.2, -0.15) is 0 Å². The SMILES string of the molecule is CCCCC(OP(=O)(O)O)C(C)OP(=O)(O)O. The van der Waals surface area contributed by atoms with Gasteiger partial charge in [0, 0.05) is 0 Å². The standard InChI is InChI=1S/C7H18O8P2/c1-3-4-5-7(15-17(11,12)13)6(2)14-16(8,9)10/h6-7H,3-5H2,1-2H3,(H2,8,9,10)(H2,11,12,13). The third-order valence-electron chi connectivity index (χ3n) is 1.94. The van der Waals surface area contributed by atoms with Gasteiger partial charge in [-0.05, 0) is 13.3 Å². The lowest BCUT2D eigenvalue weighted by Crippen LogP contribution is -2.27. The number of rotatable bonds is 8. The first-order valence-corrected chi connectivity index (χ1v) is 8.09. The van der Waals surface area contributed by atoms with Gasteiger partial charge >= 0.3 is 15.6 Å². The van der Waals surface area contributed by atoms with Crippen LogP contribution in [-0.4, -0.2) is 31.8 Å². The van der Waals surface area contributed by atoms with Gasteiger partial charge in [-0.15, -0.1) is 0 Å². The van der Waals surface area contributed by atoms with Gasteiger partial charge in [-0.1, -0.05) is 19.8 Å². The summed E-state index contributed by atoms with van der Waals surface area (Å²) in [6.07, 6.45) is -0.593. The van der Waals surface area contributed by atoms with Crippen molar-refractivity contribution in [2.75, 3.05) is 0 Å². The second kappa shape index (κ2) is 6.97. The van der Waals surface area contributed by atoms with Crippen LogP contribution in [0.25, 0.3) is 0 Å². The molecule has 0 aromatic carbocycles. The topological polar surface area (TPSA) is 134 Å². The zero-order valence-corrected chi connectivity index (χ0v) is 11.4. The van der Waals surface area contributed by atoms with E-state index in [4.69, 9.17) is 19.6 Å². The predicted octanol–water partition coefficient (Wildman–Crippen LogP) is 1.15. The summed E-state index contributed by atoms with van der Waals surface area (Å²) in [7, 11) is -9.42. The highest BCUT2D eigenvalue weighted by Gasteiger charge is 2.31. The van der Waals surface area contributed by atoms with Crippen molar-refractivity contribution in [1.82, 2.24) is 0 Å². The maximum absolute atomic E-state index is 10.7. The molecule has 0 amide bonds. The van der Waals surface area contributed by atoms with E-state index in [1.165, 1.54) is 6.92 Å². The molecule has 0 aromatic heterocycles. The summed E-state index contributed by atoms with van der Waals surface area (Å²) in [6.45, 7) is 3.15. The molecule has 0 rings (SSSR count). The van der Waals surface area contributed by atoms with Gasteiger partial charge in [0.25, 0.3) is 0 Å². The minimum atomic E-state index is -4.71. The van der Waals surface area contributed by atoms with Crippen molar-refractivity contribution in [3.63, 3.8) is 0 Å². The number of phosphoric ester groups is 2. The zero-order chi connectivity index (χ0) is 13.7.